The predicted octanol–water partition coefficient (Wildman–Crippen LogP) is 4.39. The molecule has 0 saturated heterocycles. The molecule has 5 N–H and O–H groups in total. The second-order valence-corrected chi connectivity index (χ2v) is 8.80. The summed E-state index contributed by atoms with van der Waals surface area (Å²) < 4.78 is 1.08. The number of thiophene rings is 1. The maximum Gasteiger partial charge on any atom is 0.408 e. The summed E-state index contributed by atoms with van der Waals surface area (Å²) in [5, 5.41) is 20.9. The molecule has 1 amide bonds. The van der Waals surface area contributed by atoms with Gasteiger partial charge in [0.1, 0.15) is 0 Å². The van der Waals surface area contributed by atoms with Gasteiger partial charge in [0.15, 0.2) is 0 Å². The van der Waals surface area contributed by atoms with Gasteiger partial charge in [-0.25, -0.2) is 4.79 Å². The molecule has 1 fully saturated rings. The molecule has 0 spiro atoms. The number of hydrogen-bond acceptors (Lipinski definition) is 5. The second kappa shape index (κ2) is 8.59. The third kappa shape index (κ3) is 5.12. The number of nitrogens with zero attached hydrogens (tertiary/aromatic N) is 2. The lowest BCUT2D eigenvalue weighted by Crippen LogP contribution is -2.58. The molecule has 1 saturated carbocycles. The van der Waals surface area contributed by atoms with Crippen LogP contribution in [0.5, 0.6) is 0 Å². The summed E-state index contributed by atoms with van der Waals surface area (Å²) in [6, 6.07) is 7.58. The Bertz CT molecular complexity index is 835. The average molecular weight is 389 g/mol. The zero-order valence-corrected chi connectivity index (χ0v) is 16.9. The van der Waals surface area contributed by atoms with E-state index in [0.29, 0.717) is 11.3 Å². The molecule has 3 rings (SSSR count). The highest BCUT2D eigenvalue weighted by Gasteiger charge is 2.37. The van der Waals surface area contributed by atoms with E-state index in [4.69, 9.17) is 16.7 Å². The van der Waals surface area contributed by atoms with Crippen LogP contribution >= 0.6 is 11.3 Å². The molecule has 6 nitrogen and oxygen atoms in total. The van der Waals surface area contributed by atoms with Gasteiger partial charge in [0, 0.05) is 27.4 Å². The molecular weight excluding hydrogens is 360 g/mol. The summed E-state index contributed by atoms with van der Waals surface area (Å²) in [5.74, 6) is 0. The first-order valence-electron chi connectivity index (χ1n) is 9.10. The Hall–Kier alpha value is -2.30. The first-order chi connectivity index (χ1) is 12.6. The highest BCUT2D eigenvalue weighted by Crippen LogP contribution is 2.28. The minimum Gasteiger partial charge on any atom is -0.465 e. The van der Waals surface area contributed by atoms with E-state index in [1.165, 1.54) is 4.90 Å². The number of benzene rings is 1. The Morgan fingerprint density at radius 3 is 2.56 bits per heavy atom. The zero-order chi connectivity index (χ0) is 20.2. The largest absolute Gasteiger partial charge is 0.465 e. The maximum absolute atomic E-state index is 11.3. The van der Waals surface area contributed by atoms with Crippen molar-refractivity contribution in [2.45, 2.75) is 64.1 Å². The van der Waals surface area contributed by atoms with E-state index < -0.39 is 6.09 Å². The number of rotatable bonds is 1. The van der Waals surface area contributed by atoms with Crippen LogP contribution < -0.4 is 11.5 Å². The molecule has 1 aliphatic rings. The van der Waals surface area contributed by atoms with Gasteiger partial charge in [0.25, 0.3) is 0 Å². The number of carbonyl (C=O) groups is 1. The summed E-state index contributed by atoms with van der Waals surface area (Å²) in [5.41, 5.74) is 12.7. The van der Waals surface area contributed by atoms with Crippen molar-refractivity contribution < 1.29 is 9.90 Å². The molecule has 1 heterocycles. The van der Waals surface area contributed by atoms with Gasteiger partial charge in [-0.15, -0.1) is 11.3 Å². The summed E-state index contributed by atoms with van der Waals surface area (Å²) in [7, 11) is 0. The second-order valence-electron chi connectivity index (χ2n) is 7.85. The number of nitriles is 1. The van der Waals surface area contributed by atoms with Crippen molar-refractivity contribution in [1.29, 1.82) is 5.26 Å². The number of nitrogens with two attached hydrogens (primary N) is 2. The van der Waals surface area contributed by atoms with E-state index in [9.17, 15) is 9.90 Å². The third-order valence-corrected chi connectivity index (χ3v) is 5.64. The summed E-state index contributed by atoms with van der Waals surface area (Å²) in [6.07, 6.45) is 3.17. The van der Waals surface area contributed by atoms with Gasteiger partial charge in [-0.2, -0.15) is 5.26 Å². The number of hydrogen-bond donors (Lipinski definition) is 3. The Morgan fingerprint density at radius 1 is 1.33 bits per heavy atom. The highest BCUT2D eigenvalue weighted by molar-refractivity contribution is 7.17. The monoisotopic (exact) mass is 388 g/mol. The van der Waals surface area contributed by atoms with Crippen LogP contribution in [0.25, 0.3) is 10.1 Å². The molecule has 0 unspecified atom stereocenters. The molecule has 0 aliphatic heterocycles. The molecule has 1 aliphatic carbocycles. The van der Waals surface area contributed by atoms with Crippen molar-refractivity contribution in [1.82, 2.24) is 4.90 Å². The molecule has 2 aromatic rings. The minimum absolute atomic E-state index is 0.00549. The quantitative estimate of drug-likeness (QED) is 0.626. The van der Waals surface area contributed by atoms with Crippen LogP contribution in [0.2, 0.25) is 0 Å². The van der Waals surface area contributed by atoms with Crippen LogP contribution in [0.15, 0.2) is 23.6 Å². The Kier molecular flexibility index (Phi) is 6.68. The number of anilines is 1. The summed E-state index contributed by atoms with van der Waals surface area (Å²) in [4.78, 5) is 12.8. The van der Waals surface area contributed by atoms with E-state index >= 15 is 0 Å². The first kappa shape index (κ1) is 21.0. The van der Waals surface area contributed by atoms with Gasteiger partial charge in [-0.05, 0) is 57.2 Å². The number of amides is 1. The Labute approximate surface area is 164 Å². The van der Waals surface area contributed by atoms with Gasteiger partial charge in [0.05, 0.1) is 17.7 Å². The van der Waals surface area contributed by atoms with Crippen LogP contribution in [0.1, 0.15) is 52.0 Å². The summed E-state index contributed by atoms with van der Waals surface area (Å²) in [6.45, 7) is 5.76. The van der Waals surface area contributed by atoms with Gasteiger partial charge < -0.3 is 16.6 Å². The van der Waals surface area contributed by atoms with Crippen LogP contribution in [-0.2, 0) is 0 Å². The molecule has 1 aromatic heterocycles. The fraction of sp³-hybridized carbons (Fsp3) is 0.500. The Morgan fingerprint density at radius 2 is 2.00 bits per heavy atom. The van der Waals surface area contributed by atoms with Crippen LogP contribution in [-0.4, -0.2) is 33.7 Å². The smallest absolute Gasteiger partial charge is 0.408 e. The van der Waals surface area contributed by atoms with Crippen LogP contribution in [0, 0.1) is 11.3 Å². The Balaban J connectivity index is 0.000000198. The van der Waals surface area contributed by atoms with Crippen molar-refractivity contribution >= 4 is 33.2 Å². The van der Waals surface area contributed by atoms with Gasteiger partial charge in [0.2, 0.25) is 0 Å². The van der Waals surface area contributed by atoms with Gasteiger partial charge in [-0.3, -0.25) is 4.90 Å². The van der Waals surface area contributed by atoms with Crippen LogP contribution in [0.4, 0.5) is 10.5 Å². The molecule has 0 radical (unpaired) electrons. The fourth-order valence-corrected chi connectivity index (χ4v) is 4.41. The first-order valence-corrected chi connectivity index (χ1v) is 9.97. The summed E-state index contributed by atoms with van der Waals surface area (Å²) >= 11 is 1.60. The van der Waals surface area contributed by atoms with E-state index in [1.807, 2.05) is 38.3 Å². The fourth-order valence-electron chi connectivity index (χ4n) is 3.55. The molecule has 27 heavy (non-hydrogen) atoms. The molecule has 146 valence electrons. The van der Waals surface area contributed by atoms with E-state index in [0.717, 1.165) is 35.8 Å². The lowest BCUT2D eigenvalue weighted by Gasteiger charge is -2.44. The van der Waals surface area contributed by atoms with E-state index in [2.05, 4.69) is 6.07 Å². The number of carboxylic acid groups (broad SMARTS) is 1. The molecular formula is C20H28N4O2S. The molecule has 2 atom stereocenters. The van der Waals surface area contributed by atoms with Crippen molar-refractivity contribution in [3.8, 4) is 6.07 Å². The van der Waals surface area contributed by atoms with Crippen LogP contribution in [0.3, 0.4) is 0 Å². The van der Waals surface area contributed by atoms with Crippen molar-refractivity contribution in [3.63, 3.8) is 0 Å². The lowest BCUT2D eigenvalue weighted by molar-refractivity contribution is 0.0491. The van der Waals surface area contributed by atoms with E-state index in [-0.39, 0.29) is 17.6 Å². The maximum atomic E-state index is 11.3. The average Bonchev–Trinajstić information content (AvgIpc) is 3.05. The SMILES string of the molecule is CC(C)(C)N(C(=O)O)[C@H]1CCCC[C@H]1N.N#Cc1cc(N)c2ccsc2c1. The lowest BCUT2D eigenvalue weighted by atomic mass is 9.87. The standard InChI is InChI=1S/C11H22N2O2.C9H6N2S/c1-11(2,3)13(10(14)15)9-7-5-4-6-8(9)12;10-5-6-3-8(11)7-1-2-12-9(7)4-6/h8-9H,4-7,12H2,1-3H3,(H,14,15);1-4H,11H2/t8-,9+;/m1./s1. The number of nitrogen functional groups attached to an aromatic ring is 1. The zero-order valence-electron chi connectivity index (χ0n) is 16.1. The van der Waals surface area contributed by atoms with E-state index in [1.54, 1.807) is 17.4 Å². The van der Waals surface area contributed by atoms with Crippen molar-refractivity contribution in [2.75, 3.05) is 5.73 Å². The highest BCUT2D eigenvalue weighted by atomic mass is 32.1. The normalized spacial score (nSPS) is 19.7. The predicted molar refractivity (Wildman–Crippen MR) is 111 cm³/mol. The van der Waals surface area contributed by atoms with Crippen molar-refractivity contribution in [3.05, 3.63) is 29.1 Å². The molecule has 0 bridgehead atoms. The number of fused-ring (bicyclic) bond motifs is 1. The molecule has 1 aromatic carbocycles. The molecule has 7 heteroatoms. The van der Waals surface area contributed by atoms with Gasteiger partial charge >= 0.3 is 6.09 Å². The third-order valence-electron chi connectivity index (χ3n) is 4.77. The van der Waals surface area contributed by atoms with Crippen molar-refractivity contribution in [2.24, 2.45) is 5.73 Å². The minimum atomic E-state index is -0.857. The van der Waals surface area contributed by atoms with Gasteiger partial charge in [-0.1, -0.05) is 12.8 Å². The topological polar surface area (TPSA) is 116 Å².